The van der Waals surface area contributed by atoms with Gasteiger partial charge in [0.25, 0.3) is 0 Å². The van der Waals surface area contributed by atoms with Crippen LogP contribution in [0, 0.1) is 0 Å². The Hall–Kier alpha value is -0.540. The molecule has 0 spiro atoms. The molecule has 0 bridgehead atoms. The van der Waals surface area contributed by atoms with E-state index in [9.17, 15) is 5.11 Å². The van der Waals surface area contributed by atoms with Crippen molar-refractivity contribution < 1.29 is 5.11 Å². The van der Waals surface area contributed by atoms with Crippen molar-refractivity contribution in [2.75, 3.05) is 0 Å². The van der Waals surface area contributed by atoms with E-state index in [1.54, 1.807) is 0 Å². The lowest BCUT2D eigenvalue weighted by Crippen LogP contribution is -1.79. The van der Waals surface area contributed by atoms with Gasteiger partial charge in [0.2, 0.25) is 0 Å². The third-order valence-corrected chi connectivity index (χ3v) is 4.11. The first-order valence-electron chi connectivity index (χ1n) is 4.56. The van der Waals surface area contributed by atoms with Gasteiger partial charge in [0.05, 0.1) is 0 Å². The minimum absolute atomic E-state index is 0.468. The second-order valence-electron chi connectivity index (χ2n) is 3.17. The Morgan fingerprint density at radius 1 is 1.43 bits per heavy atom. The average Bonchev–Trinajstić information content (AvgIpc) is 2.52. The lowest BCUT2D eigenvalue weighted by atomic mass is 10.1. The highest BCUT2D eigenvalue weighted by Crippen LogP contribution is 2.39. The number of halogens is 1. The number of aryl methyl sites for hydroxylation is 1. The standard InChI is InChI=1S/C11H11BrOS/c1-2-8-9-5-3-4-7(6-12)10(9)14-11(8)13/h3-5,13H,2,6H2,1H3. The lowest BCUT2D eigenvalue weighted by molar-refractivity contribution is 0.485. The van der Waals surface area contributed by atoms with Gasteiger partial charge < -0.3 is 5.11 Å². The topological polar surface area (TPSA) is 20.2 Å². The summed E-state index contributed by atoms with van der Waals surface area (Å²) in [5.41, 5.74) is 2.33. The highest BCUT2D eigenvalue weighted by Gasteiger charge is 2.11. The van der Waals surface area contributed by atoms with E-state index >= 15 is 0 Å². The van der Waals surface area contributed by atoms with Crippen molar-refractivity contribution in [1.29, 1.82) is 0 Å². The van der Waals surface area contributed by atoms with Gasteiger partial charge in [0, 0.05) is 15.6 Å². The molecule has 0 aliphatic rings. The summed E-state index contributed by atoms with van der Waals surface area (Å²) in [7, 11) is 0. The Labute approximate surface area is 95.5 Å². The van der Waals surface area contributed by atoms with E-state index in [1.807, 2.05) is 6.07 Å². The van der Waals surface area contributed by atoms with Crippen molar-refractivity contribution in [3.05, 3.63) is 29.3 Å². The molecule has 0 unspecified atom stereocenters. The first kappa shape index (κ1) is 9.99. The fourth-order valence-corrected chi connectivity index (χ4v) is 3.46. The van der Waals surface area contributed by atoms with Gasteiger partial charge in [0.1, 0.15) is 0 Å². The van der Waals surface area contributed by atoms with Crippen LogP contribution in [0.25, 0.3) is 10.1 Å². The van der Waals surface area contributed by atoms with Gasteiger partial charge in [-0.25, -0.2) is 0 Å². The summed E-state index contributed by atoms with van der Waals surface area (Å²) < 4.78 is 1.21. The van der Waals surface area contributed by atoms with Crippen LogP contribution in [-0.2, 0) is 11.8 Å². The Kier molecular flexibility index (Phi) is 2.79. The van der Waals surface area contributed by atoms with E-state index in [-0.39, 0.29) is 0 Å². The van der Waals surface area contributed by atoms with Gasteiger partial charge in [-0.3, -0.25) is 0 Å². The van der Waals surface area contributed by atoms with Crippen LogP contribution in [0.2, 0.25) is 0 Å². The highest BCUT2D eigenvalue weighted by atomic mass is 79.9. The number of hydrogen-bond acceptors (Lipinski definition) is 2. The Morgan fingerprint density at radius 3 is 2.86 bits per heavy atom. The number of thiophene rings is 1. The van der Waals surface area contributed by atoms with Crippen molar-refractivity contribution >= 4 is 37.4 Å². The van der Waals surface area contributed by atoms with E-state index in [0.717, 1.165) is 17.3 Å². The number of alkyl halides is 1. The summed E-state index contributed by atoms with van der Waals surface area (Å²) >= 11 is 4.94. The van der Waals surface area contributed by atoms with Crippen LogP contribution in [0.1, 0.15) is 18.1 Å². The number of rotatable bonds is 2. The Morgan fingerprint density at radius 2 is 2.21 bits per heavy atom. The number of aromatic hydroxyl groups is 1. The summed E-state index contributed by atoms with van der Waals surface area (Å²) in [6.45, 7) is 2.07. The zero-order valence-electron chi connectivity index (χ0n) is 7.88. The van der Waals surface area contributed by atoms with Gasteiger partial charge in [0.15, 0.2) is 5.06 Å². The van der Waals surface area contributed by atoms with Crippen molar-refractivity contribution in [3.63, 3.8) is 0 Å². The molecule has 1 heterocycles. The first-order valence-corrected chi connectivity index (χ1v) is 6.50. The Bertz CT molecular complexity index is 462. The molecule has 1 aromatic heterocycles. The summed E-state index contributed by atoms with van der Waals surface area (Å²) in [5, 5.41) is 12.3. The molecule has 2 aromatic rings. The molecule has 0 atom stereocenters. The molecular weight excluding hydrogens is 260 g/mol. The van der Waals surface area contributed by atoms with Crippen LogP contribution in [0.15, 0.2) is 18.2 Å². The molecular formula is C11H11BrOS. The maximum absolute atomic E-state index is 9.76. The number of fused-ring (bicyclic) bond motifs is 1. The highest BCUT2D eigenvalue weighted by molar-refractivity contribution is 9.08. The molecule has 2 rings (SSSR count). The second-order valence-corrected chi connectivity index (χ2v) is 4.73. The predicted octanol–water partition coefficient (Wildman–Crippen LogP) is 4.06. The van der Waals surface area contributed by atoms with E-state index in [4.69, 9.17) is 0 Å². The van der Waals surface area contributed by atoms with E-state index in [1.165, 1.54) is 27.0 Å². The molecule has 74 valence electrons. The molecule has 0 aliphatic carbocycles. The molecule has 1 aromatic carbocycles. The molecule has 1 N–H and O–H groups in total. The molecule has 14 heavy (non-hydrogen) atoms. The van der Waals surface area contributed by atoms with Crippen LogP contribution >= 0.6 is 27.3 Å². The van der Waals surface area contributed by atoms with Gasteiger partial charge in [-0.15, -0.1) is 0 Å². The fraction of sp³-hybridized carbons (Fsp3) is 0.273. The maximum atomic E-state index is 9.76. The third kappa shape index (κ3) is 1.44. The largest absolute Gasteiger partial charge is 0.499 e. The second kappa shape index (κ2) is 3.91. The molecule has 0 saturated carbocycles. The molecule has 1 nitrogen and oxygen atoms in total. The molecule has 0 amide bonds. The van der Waals surface area contributed by atoms with E-state index in [2.05, 4.69) is 35.0 Å². The van der Waals surface area contributed by atoms with Gasteiger partial charge in [-0.1, -0.05) is 52.4 Å². The molecule has 0 radical (unpaired) electrons. The summed E-state index contributed by atoms with van der Waals surface area (Å²) in [6, 6.07) is 6.22. The third-order valence-electron chi connectivity index (χ3n) is 2.38. The quantitative estimate of drug-likeness (QED) is 0.816. The monoisotopic (exact) mass is 270 g/mol. The minimum atomic E-state index is 0.468. The average molecular weight is 271 g/mol. The molecule has 0 fully saturated rings. The van der Waals surface area contributed by atoms with Crippen molar-refractivity contribution in [3.8, 4) is 5.06 Å². The molecule has 0 aliphatic heterocycles. The van der Waals surface area contributed by atoms with Crippen LogP contribution in [0.3, 0.4) is 0 Å². The van der Waals surface area contributed by atoms with Gasteiger partial charge >= 0.3 is 0 Å². The maximum Gasteiger partial charge on any atom is 0.175 e. The molecule has 3 heteroatoms. The smallest absolute Gasteiger partial charge is 0.175 e. The van der Waals surface area contributed by atoms with Crippen LogP contribution in [-0.4, -0.2) is 5.11 Å². The summed E-state index contributed by atoms with van der Waals surface area (Å²) in [4.78, 5) is 0. The van der Waals surface area contributed by atoms with Crippen molar-refractivity contribution in [2.24, 2.45) is 0 Å². The normalized spacial score (nSPS) is 11.0. The van der Waals surface area contributed by atoms with E-state index in [0.29, 0.717) is 5.06 Å². The minimum Gasteiger partial charge on any atom is -0.499 e. The van der Waals surface area contributed by atoms with Crippen LogP contribution in [0.4, 0.5) is 0 Å². The zero-order valence-corrected chi connectivity index (χ0v) is 10.3. The summed E-state index contributed by atoms with van der Waals surface area (Å²) in [5.74, 6) is 0. The number of hydrogen-bond donors (Lipinski definition) is 1. The SMILES string of the molecule is CCc1c(O)sc2c(CBr)cccc12. The van der Waals surface area contributed by atoms with E-state index < -0.39 is 0 Å². The first-order chi connectivity index (χ1) is 6.77. The van der Waals surface area contributed by atoms with Gasteiger partial charge in [-0.05, 0) is 17.4 Å². The van der Waals surface area contributed by atoms with Crippen LogP contribution in [0.5, 0.6) is 5.06 Å². The van der Waals surface area contributed by atoms with Gasteiger partial charge in [-0.2, -0.15) is 0 Å². The van der Waals surface area contributed by atoms with Crippen LogP contribution < -0.4 is 0 Å². The lowest BCUT2D eigenvalue weighted by Gasteiger charge is -1.98. The predicted molar refractivity (Wildman–Crippen MR) is 65.5 cm³/mol. The molecule has 0 saturated heterocycles. The van der Waals surface area contributed by atoms with Crippen molar-refractivity contribution in [2.45, 2.75) is 18.7 Å². The fourth-order valence-electron chi connectivity index (χ4n) is 1.66. The number of benzene rings is 1. The summed E-state index contributed by atoms with van der Waals surface area (Å²) in [6.07, 6.45) is 0.886. The van der Waals surface area contributed by atoms with Crippen molar-refractivity contribution in [1.82, 2.24) is 0 Å². The Balaban J connectivity index is 2.79. The zero-order chi connectivity index (χ0) is 10.1.